The summed E-state index contributed by atoms with van der Waals surface area (Å²) in [6.07, 6.45) is 2.11. The summed E-state index contributed by atoms with van der Waals surface area (Å²) in [6, 6.07) is 4.86. The van der Waals surface area contributed by atoms with Gasteiger partial charge in [0.2, 0.25) is 0 Å². The normalized spacial score (nSPS) is 13.2. The Hall–Kier alpha value is -0.820. The van der Waals surface area contributed by atoms with Gasteiger partial charge in [0.05, 0.1) is 0 Å². The molecule has 90 valence electrons. The molecule has 1 aromatic rings. The van der Waals surface area contributed by atoms with E-state index in [0.717, 1.165) is 12.8 Å². The second-order valence-electron chi connectivity index (χ2n) is 5.46. The second-order valence-corrected chi connectivity index (χ2v) is 5.46. The van der Waals surface area contributed by atoms with Crippen molar-refractivity contribution in [3.05, 3.63) is 34.4 Å². The highest BCUT2D eigenvalue weighted by Gasteiger charge is 2.09. The molecule has 16 heavy (non-hydrogen) atoms. The summed E-state index contributed by atoms with van der Waals surface area (Å²) in [5, 5.41) is 0. The predicted octanol–water partition coefficient (Wildman–Crippen LogP) is 3.53. The van der Waals surface area contributed by atoms with Gasteiger partial charge in [-0.05, 0) is 61.8 Å². The maximum Gasteiger partial charge on any atom is 0.00818 e. The number of rotatable bonds is 4. The van der Waals surface area contributed by atoms with E-state index in [0.29, 0.717) is 12.0 Å². The molecule has 1 unspecified atom stereocenters. The SMILES string of the molecule is Cc1cc(C)c(CC(N)CC(C)C)cc1C. The predicted molar refractivity (Wildman–Crippen MR) is 71.8 cm³/mol. The highest BCUT2D eigenvalue weighted by Crippen LogP contribution is 2.18. The third kappa shape index (κ3) is 3.64. The minimum atomic E-state index is 0.292. The number of nitrogens with two attached hydrogens (primary N) is 1. The van der Waals surface area contributed by atoms with Gasteiger partial charge in [-0.2, -0.15) is 0 Å². The minimum absolute atomic E-state index is 0.292. The van der Waals surface area contributed by atoms with Crippen molar-refractivity contribution in [1.82, 2.24) is 0 Å². The Balaban J connectivity index is 2.77. The van der Waals surface area contributed by atoms with Crippen molar-refractivity contribution in [2.75, 3.05) is 0 Å². The van der Waals surface area contributed by atoms with E-state index >= 15 is 0 Å². The van der Waals surface area contributed by atoms with Crippen LogP contribution in [0.3, 0.4) is 0 Å². The third-order valence-electron chi connectivity index (χ3n) is 3.21. The van der Waals surface area contributed by atoms with Crippen LogP contribution in [-0.2, 0) is 6.42 Å². The quantitative estimate of drug-likeness (QED) is 0.823. The zero-order valence-corrected chi connectivity index (χ0v) is 11.3. The van der Waals surface area contributed by atoms with Gasteiger partial charge in [0.15, 0.2) is 0 Å². The molecular weight excluding hydrogens is 194 g/mol. The lowest BCUT2D eigenvalue weighted by molar-refractivity contribution is 0.493. The molecule has 1 rings (SSSR count). The third-order valence-corrected chi connectivity index (χ3v) is 3.21. The van der Waals surface area contributed by atoms with Crippen LogP contribution in [0, 0.1) is 26.7 Å². The molecule has 0 heterocycles. The summed E-state index contributed by atoms with van der Waals surface area (Å²) in [7, 11) is 0. The smallest absolute Gasteiger partial charge is 0.00818 e. The summed E-state index contributed by atoms with van der Waals surface area (Å²) in [5.41, 5.74) is 11.7. The first kappa shape index (κ1) is 13.2. The Bertz CT molecular complexity index is 353. The van der Waals surface area contributed by atoms with Crippen molar-refractivity contribution in [2.45, 2.75) is 53.5 Å². The van der Waals surface area contributed by atoms with Crippen molar-refractivity contribution in [2.24, 2.45) is 11.7 Å². The molecule has 0 bridgehead atoms. The Kier molecular flexibility index (Phi) is 4.55. The van der Waals surface area contributed by atoms with Gasteiger partial charge in [0, 0.05) is 6.04 Å². The Morgan fingerprint density at radius 3 is 2.12 bits per heavy atom. The van der Waals surface area contributed by atoms with E-state index in [4.69, 9.17) is 5.73 Å². The molecule has 0 spiro atoms. The van der Waals surface area contributed by atoms with Crippen LogP contribution < -0.4 is 5.73 Å². The van der Waals surface area contributed by atoms with Gasteiger partial charge in [-0.15, -0.1) is 0 Å². The van der Waals surface area contributed by atoms with Gasteiger partial charge in [-0.25, -0.2) is 0 Å². The molecule has 0 radical (unpaired) electrons. The summed E-state index contributed by atoms with van der Waals surface area (Å²) >= 11 is 0. The number of hydrogen-bond acceptors (Lipinski definition) is 1. The molecule has 1 atom stereocenters. The molecule has 0 aromatic heterocycles. The van der Waals surface area contributed by atoms with Crippen LogP contribution in [0.5, 0.6) is 0 Å². The summed E-state index contributed by atoms with van der Waals surface area (Å²) < 4.78 is 0. The number of hydrogen-bond donors (Lipinski definition) is 1. The van der Waals surface area contributed by atoms with Crippen molar-refractivity contribution >= 4 is 0 Å². The van der Waals surface area contributed by atoms with Crippen LogP contribution in [0.15, 0.2) is 12.1 Å². The zero-order chi connectivity index (χ0) is 12.3. The molecule has 1 heteroatoms. The highest BCUT2D eigenvalue weighted by molar-refractivity contribution is 5.36. The van der Waals surface area contributed by atoms with Crippen LogP contribution in [0.25, 0.3) is 0 Å². The molecule has 0 amide bonds. The van der Waals surface area contributed by atoms with Crippen LogP contribution in [0.2, 0.25) is 0 Å². The lowest BCUT2D eigenvalue weighted by Crippen LogP contribution is -2.25. The molecule has 0 aliphatic carbocycles. The van der Waals surface area contributed by atoms with E-state index in [-0.39, 0.29) is 0 Å². The first-order chi connectivity index (χ1) is 7.40. The Morgan fingerprint density at radius 2 is 1.56 bits per heavy atom. The highest BCUT2D eigenvalue weighted by atomic mass is 14.6. The maximum atomic E-state index is 6.16. The largest absolute Gasteiger partial charge is 0.327 e. The minimum Gasteiger partial charge on any atom is -0.327 e. The van der Waals surface area contributed by atoms with Gasteiger partial charge < -0.3 is 5.73 Å². The maximum absolute atomic E-state index is 6.16. The van der Waals surface area contributed by atoms with Gasteiger partial charge in [-0.1, -0.05) is 26.0 Å². The summed E-state index contributed by atoms with van der Waals surface area (Å²) in [5.74, 6) is 0.682. The van der Waals surface area contributed by atoms with Crippen molar-refractivity contribution in [3.8, 4) is 0 Å². The first-order valence-electron chi connectivity index (χ1n) is 6.22. The zero-order valence-electron chi connectivity index (χ0n) is 11.3. The standard InChI is InChI=1S/C15H25N/c1-10(2)6-15(16)9-14-8-12(4)11(3)7-13(14)5/h7-8,10,15H,6,9,16H2,1-5H3. The van der Waals surface area contributed by atoms with Crippen molar-refractivity contribution in [1.29, 1.82) is 0 Å². The van der Waals surface area contributed by atoms with Crippen LogP contribution in [-0.4, -0.2) is 6.04 Å². The Labute approximate surface area is 100 Å². The number of benzene rings is 1. The van der Waals surface area contributed by atoms with Crippen LogP contribution >= 0.6 is 0 Å². The molecular formula is C15H25N. The molecule has 0 saturated heterocycles. The lowest BCUT2D eigenvalue weighted by Gasteiger charge is -2.16. The van der Waals surface area contributed by atoms with Crippen LogP contribution in [0.1, 0.15) is 42.5 Å². The molecule has 1 aromatic carbocycles. The number of aryl methyl sites for hydroxylation is 3. The molecule has 2 N–H and O–H groups in total. The molecule has 0 saturated carbocycles. The fourth-order valence-electron chi connectivity index (χ4n) is 2.21. The molecule has 0 aliphatic rings. The average molecular weight is 219 g/mol. The Morgan fingerprint density at radius 1 is 1.00 bits per heavy atom. The second kappa shape index (κ2) is 5.49. The van der Waals surface area contributed by atoms with E-state index in [9.17, 15) is 0 Å². The monoisotopic (exact) mass is 219 g/mol. The van der Waals surface area contributed by atoms with Crippen molar-refractivity contribution in [3.63, 3.8) is 0 Å². The van der Waals surface area contributed by atoms with Crippen LogP contribution in [0.4, 0.5) is 0 Å². The molecule has 0 aliphatic heterocycles. The van der Waals surface area contributed by atoms with Gasteiger partial charge in [0.1, 0.15) is 0 Å². The van der Waals surface area contributed by atoms with Gasteiger partial charge in [0.25, 0.3) is 0 Å². The fourth-order valence-corrected chi connectivity index (χ4v) is 2.21. The van der Waals surface area contributed by atoms with Gasteiger partial charge >= 0.3 is 0 Å². The summed E-state index contributed by atoms with van der Waals surface area (Å²) in [6.45, 7) is 11.0. The average Bonchev–Trinajstić information content (AvgIpc) is 2.12. The van der Waals surface area contributed by atoms with Crippen molar-refractivity contribution < 1.29 is 0 Å². The van der Waals surface area contributed by atoms with E-state index in [1.54, 1.807) is 0 Å². The van der Waals surface area contributed by atoms with Gasteiger partial charge in [-0.3, -0.25) is 0 Å². The van der Waals surface area contributed by atoms with E-state index in [1.165, 1.54) is 22.3 Å². The fraction of sp³-hybridized carbons (Fsp3) is 0.600. The van der Waals surface area contributed by atoms with E-state index in [1.807, 2.05) is 0 Å². The molecule has 0 fully saturated rings. The lowest BCUT2D eigenvalue weighted by atomic mass is 9.93. The topological polar surface area (TPSA) is 26.0 Å². The van der Waals surface area contributed by atoms with E-state index in [2.05, 4.69) is 46.8 Å². The summed E-state index contributed by atoms with van der Waals surface area (Å²) in [4.78, 5) is 0. The van der Waals surface area contributed by atoms with E-state index < -0.39 is 0 Å². The molecule has 1 nitrogen and oxygen atoms in total. The first-order valence-corrected chi connectivity index (χ1v) is 6.22.